The minimum absolute atomic E-state index is 0.0755. The molecule has 2 fully saturated rings. The average Bonchev–Trinajstić information content (AvgIpc) is 2.33. The second-order valence-electron chi connectivity index (χ2n) is 4.64. The van der Waals surface area contributed by atoms with Gasteiger partial charge in [-0.05, 0) is 25.7 Å². The van der Waals surface area contributed by atoms with Crippen molar-refractivity contribution < 1.29 is 14.7 Å². The molecule has 0 spiro atoms. The van der Waals surface area contributed by atoms with E-state index < -0.39 is 5.97 Å². The number of carbonyl (C=O) groups is 2. The molecule has 1 N–H and O–H groups in total. The van der Waals surface area contributed by atoms with Gasteiger partial charge in [0.05, 0.1) is 10.7 Å². The van der Waals surface area contributed by atoms with Crippen LogP contribution in [0.25, 0.3) is 0 Å². The largest absolute Gasteiger partial charge is 0.481 e. The number of amides is 1. The molecule has 0 aromatic carbocycles. The summed E-state index contributed by atoms with van der Waals surface area (Å²) in [6, 6.07) is 0. The molecule has 2 heterocycles. The first-order chi connectivity index (χ1) is 8.09. The van der Waals surface area contributed by atoms with Crippen molar-refractivity contribution in [2.45, 2.75) is 30.5 Å². The van der Waals surface area contributed by atoms with Gasteiger partial charge in [0.2, 0.25) is 0 Å². The Bertz CT molecular complexity index is 316. The summed E-state index contributed by atoms with van der Waals surface area (Å²) in [7, 11) is 0. The van der Waals surface area contributed by atoms with E-state index >= 15 is 0 Å². The third-order valence-corrected chi connectivity index (χ3v) is 4.36. The van der Waals surface area contributed by atoms with Gasteiger partial charge in [-0.25, -0.2) is 5.01 Å². The predicted octanol–water partition coefficient (Wildman–Crippen LogP) is 1.08. The Labute approximate surface area is 109 Å². The van der Waals surface area contributed by atoms with E-state index in [1.165, 1.54) is 0 Å². The molecule has 0 aliphatic carbocycles. The van der Waals surface area contributed by atoms with Crippen LogP contribution >= 0.6 is 15.9 Å². The number of carbonyl (C=O) groups excluding carboxylic acids is 1. The van der Waals surface area contributed by atoms with Crippen LogP contribution in [0, 0.1) is 5.92 Å². The highest BCUT2D eigenvalue weighted by Gasteiger charge is 2.33. The zero-order chi connectivity index (χ0) is 12.4. The van der Waals surface area contributed by atoms with E-state index in [9.17, 15) is 9.59 Å². The maximum Gasteiger partial charge on any atom is 0.306 e. The van der Waals surface area contributed by atoms with Crippen molar-refractivity contribution in [1.29, 1.82) is 0 Å². The number of nitrogens with zero attached hydrogens (tertiary/aromatic N) is 2. The smallest absolute Gasteiger partial charge is 0.306 e. The molecule has 2 aliphatic rings. The van der Waals surface area contributed by atoms with Gasteiger partial charge >= 0.3 is 5.97 Å². The maximum absolute atomic E-state index is 12.0. The summed E-state index contributed by atoms with van der Waals surface area (Å²) < 4.78 is 0. The summed E-state index contributed by atoms with van der Waals surface area (Å²) in [6.45, 7) is 2.10. The van der Waals surface area contributed by atoms with Gasteiger partial charge < -0.3 is 5.11 Å². The summed E-state index contributed by atoms with van der Waals surface area (Å²) in [4.78, 5) is 22.7. The third kappa shape index (κ3) is 2.80. The first kappa shape index (κ1) is 12.8. The van der Waals surface area contributed by atoms with Crippen LogP contribution in [0.2, 0.25) is 0 Å². The lowest BCUT2D eigenvalue weighted by atomic mass is 9.98. The Morgan fingerprint density at radius 3 is 2.47 bits per heavy atom. The maximum atomic E-state index is 12.0. The number of alkyl halides is 1. The molecule has 17 heavy (non-hydrogen) atoms. The third-order valence-electron chi connectivity index (χ3n) is 3.51. The molecule has 2 rings (SSSR count). The number of carboxylic acids is 1. The highest BCUT2D eigenvalue weighted by atomic mass is 79.9. The van der Waals surface area contributed by atoms with Gasteiger partial charge in [0.15, 0.2) is 0 Å². The number of piperidine rings is 2. The van der Waals surface area contributed by atoms with Crippen molar-refractivity contribution in [3.63, 3.8) is 0 Å². The standard InChI is InChI=1S/C11H17BrN2O3/c12-9-2-1-5-14(10(9)15)13-6-3-8(4-7-13)11(16)17/h8-9H,1-7H2,(H,16,17). The Morgan fingerprint density at radius 1 is 1.24 bits per heavy atom. The van der Waals surface area contributed by atoms with Crippen LogP contribution in [0.1, 0.15) is 25.7 Å². The quantitative estimate of drug-likeness (QED) is 0.776. The molecule has 2 saturated heterocycles. The van der Waals surface area contributed by atoms with E-state index in [1.807, 2.05) is 5.01 Å². The molecule has 0 bridgehead atoms. The van der Waals surface area contributed by atoms with E-state index in [0.717, 1.165) is 19.4 Å². The molecule has 0 saturated carbocycles. The zero-order valence-electron chi connectivity index (χ0n) is 9.64. The van der Waals surface area contributed by atoms with Gasteiger partial charge in [-0.3, -0.25) is 14.6 Å². The number of carboxylic acid groups (broad SMARTS) is 1. The van der Waals surface area contributed by atoms with E-state index in [2.05, 4.69) is 15.9 Å². The van der Waals surface area contributed by atoms with Gasteiger partial charge in [-0.1, -0.05) is 15.9 Å². The van der Waals surface area contributed by atoms with Crippen molar-refractivity contribution >= 4 is 27.8 Å². The van der Waals surface area contributed by atoms with Crippen LogP contribution in [0.4, 0.5) is 0 Å². The van der Waals surface area contributed by atoms with Crippen molar-refractivity contribution in [2.24, 2.45) is 5.92 Å². The minimum atomic E-state index is -0.715. The lowest BCUT2D eigenvalue weighted by Crippen LogP contribution is -2.55. The summed E-state index contributed by atoms with van der Waals surface area (Å²) in [5.41, 5.74) is 0. The van der Waals surface area contributed by atoms with Crippen LogP contribution in [0.5, 0.6) is 0 Å². The van der Waals surface area contributed by atoms with Gasteiger partial charge in [0.1, 0.15) is 0 Å². The molecule has 0 aromatic heterocycles. The fraction of sp³-hybridized carbons (Fsp3) is 0.818. The fourth-order valence-electron chi connectivity index (χ4n) is 2.45. The molecule has 96 valence electrons. The number of hydrogen-bond acceptors (Lipinski definition) is 3. The van der Waals surface area contributed by atoms with Crippen molar-refractivity contribution in [2.75, 3.05) is 19.6 Å². The fourth-order valence-corrected chi connectivity index (χ4v) is 3.01. The summed E-state index contributed by atoms with van der Waals surface area (Å²) in [6.07, 6.45) is 3.15. The highest BCUT2D eigenvalue weighted by molar-refractivity contribution is 9.10. The molecule has 0 radical (unpaired) electrons. The number of halogens is 1. The Hall–Kier alpha value is -0.620. The minimum Gasteiger partial charge on any atom is -0.481 e. The lowest BCUT2D eigenvalue weighted by molar-refractivity contribution is -0.157. The van der Waals surface area contributed by atoms with Crippen molar-refractivity contribution in [1.82, 2.24) is 10.0 Å². The van der Waals surface area contributed by atoms with Crippen LogP contribution < -0.4 is 0 Å². The summed E-state index contributed by atoms with van der Waals surface area (Å²) in [5.74, 6) is -0.844. The van der Waals surface area contributed by atoms with E-state index in [1.54, 1.807) is 5.01 Å². The van der Waals surface area contributed by atoms with Crippen LogP contribution in [0.15, 0.2) is 0 Å². The van der Waals surface area contributed by atoms with Crippen LogP contribution in [-0.4, -0.2) is 51.5 Å². The second-order valence-corrected chi connectivity index (χ2v) is 5.74. The highest BCUT2D eigenvalue weighted by Crippen LogP contribution is 2.24. The normalized spacial score (nSPS) is 28.4. The van der Waals surface area contributed by atoms with Gasteiger partial charge in [-0.2, -0.15) is 0 Å². The Morgan fingerprint density at radius 2 is 1.88 bits per heavy atom. The average molecular weight is 305 g/mol. The monoisotopic (exact) mass is 304 g/mol. The molecule has 1 atom stereocenters. The molecule has 1 amide bonds. The number of hydrazine groups is 1. The number of hydrogen-bond donors (Lipinski definition) is 1. The van der Waals surface area contributed by atoms with Gasteiger partial charge in [-0.15, -0.1) is 0 Å². The van der Waals surface area contributed by atoms with Crippen LogP contribution in [-0.2, 0) is 9.59 Å². The molecule has 0 aromatic rings. The topological polar surface area (TPSA) is 60.9 Å². The van der Waals surface area contributed by atoms with E-state index in [-0.39, 0.29) is 16.7 Å². The first-order valence-electron chi connectivity index (χ1n) is 6.02. The second kappa shape index (κ2) is 5.35. The zero-order valence-corrected chi connectivity index (χ0v) is 11.2. The lowest BCUT2D eigenvalue weighted by Gasteiger charge is -2.41. The molecule has 5 nitrogen and oxygen atoms in total. The first-order valence-corrected chi connectivity index (χ1v) is 6.94. The SMILES string of the molecule is O=C(O)C1CCN(N2CCCC(Br)C2=O)CC1. The Balaban J connectivity index is 1.92. The van der Waals surface area contributed by atoms with Crippen molar-refractivity contribution in [3.05, 3.63) is 0 Å². The number of rotatable bonds is 2. The molecule has 2 aliphatic heterocycles. The van der Waals surface area contributed by atoms with E-state index in [0.29, 0.717) is 25.9 Å². The van der Waals surface area contributed by atoms with Gasteiger partial charge in [0.25, 0.3) is 5.91 Å². The summed E-state index contributed by atoms with van der Waals surface area (Å²) in [5, 5.41) is 12.7. The van der Waals surface area contributed by atoms with Gasteiger partial charge in [0, 0.05) is 19.6 Å². The molecular formula is C11H17BrN2O3. The molecular weight excluding hydrogens is 288 g/mol. The molecule has 1 unspecified atom stereocenters. The van der Waals surface area contributed by atoms with E-state index in [4.69, 9.17) is 5.11 Å². The predicted molar refractivity (Wildman–Crippen MR) is 65.6 cm³/mol. The summed E-state index contributed by atoms with van der Waals surface area (Å²) >= 11 is 3.38. The molecule has 6 heteroatoms. The van der Waals surface area contributed by atoms with Crippen molar-refractivity contribution in [3.8, 4) is 0 Å². The number of aliphatic carboxylic acids is 1. The van der Waals surface area contributed by atoms with Crippen LogP contribution in [0.3, 0.4) is 0 Å². The Kier molecular flexibility index (Phi) is 4.04.